The number of ether oxygens (including phenoxy) is 4. The Morgan fingerprint density at radius 1 is 0.741 bits per heavy atom. The van der Waals surface area contributed by atoms with E-state index < -0.39 is 114 Å². The lowest BCUT2D eigenvalue weighted by molar-refractivity contribution is -0.328. The predicted octanol–water partition coefficient (Wildman–Crippen LogP) is 0.353. The number of aliphatic hydroxyl groups excluding tert-OH is 9. The van der Waals surface area contributed by atoms with Crippen LogP contribution in [0.2, 0.25) is 0 Å². The van der Waals surface area contributed by atoms with Crippen LogP contribution in [-0.4, -0.2) is 150 Å². The molecule has 16 heteroatoms. The van der Waals surface area contributed by atoms with Crippen LogP contribution in [0.25, 0.3) is 0 Å². The van der Waals surface area contributed by atoms with Crippen LogP contribution in [0.15, 0.2) is 11.6 Å². The van der Waals surface area contributed by atoms with Crippen molar-refractivity contribution in [2.75, 3.05) is 19.8 Å². The Kier molecular flexibility index (Phi) is 11.6. The van der Waals surface area contributed by atoms with E-state index in [2.05, 4.69) is 26.8 Å². The lowest BCUT2D eigenvalue weighted by Gasteiger charge is -2.71. The van der Waals surface area contributed by atoms with Gasteiger partial charge in [-0.1, -0.05) is 39.3 Å². The Labute approximate surface area is 339 Å². The van der Waals surface area contributed by atoms with Crippen LogP contribution in [0.1, 0.15) is 98.8 Å². The van der Waals surface area contributed by atoms with Gasteiger partial charge in [-0.2, -0.15) is 0 Å². The van der Waals surface area contributed by atoms with Crippen LogP contribution < -0.4 is 0 Å². The van der Waals surface area contributed by atoms with E-state index in [1.165, 1.54) is 0 Å². The molecule has 58 heavy (non-hydrogen) atoms. The fraction of sp³-hybridized carbons (Fsp3) is 0.905. The molecule has 2 saturated heterocycles. The first-order valence-corrected chi connectivity index (χ1v) is 21.1. The zero-order chi connectivity index (χ0) is 42.5. The van der Waals surface area contributed by atoms with Gasteiger partial charge in [-0.05, 0) is 111 Å². The second-order valence-corrected chi connectivity index (χ2v) is 20.3. The molecule has 0 radical (unpaired) electrons. The van der Waals surface area contributed by atoms with Gasteiger partial charge in [0.25, 0.3) is 0 Å². The summed E-state index contributed by atoms with van der Waals surface area (Å²) in [5.41, 5.74) is -2.73. The number of aliphatic hydroxyl groups is 9. The predicted molar refractivity (Wildman–Crippen MR) is 201 cm³/mol. The molecule has 0 amide bonds. The smallest absolute Gasteiger partial charge is 0.315 e. The second-order valence-electron chi connectivity index (χ2n) is 20.3. The van der Waals surface area contributed by atoms with Gasteiger partial charge in [-0.25, -0.2) is 0 Å². The van der Waals surface area contributed by atoms with Crippen molar-refractivity contribution in [2.45, 2.75) is 166 Å². The van der Waals surface area contributed by atoms with E-state index in [0.717, 1.165) is 12.0 Å². The van der Waals surface area contributed by atoms with Crippen molar-refractivity contribution in [3.8, 4) is 0 Å². The number of esters is 1. The number of carbonyl (C=O) groups is 2. The van der Waals surface area contributed by atoms with Crippen LogP contribution in [0.5, 0.6) is 0 Å². The molecule has 5 aliphatic carbocycles. The van der Waals surface area contributed by atoms with Gasteiger partial charge < -0.3 is 70.0 Å². The summed E-state index contributed by atoms with van der Waals surface area (Å²) in [6.45, 7) is 9.18. The average molecular weight is 827 g/mol. The normalized spacial score (nSPS) is 54.2. The van der Waals surface area contributed by atoms with Crippen molar-refractivity contribution >= 4 is 11.9 Å². The first-order chi connectivity index (χ1) is 27.1. The third-order valence-electron chi connectivity index (χ3n) is 17.6. The number of hydrogen-bond donors (Lipinski definition) is 10. The zero-order valence-electron chi connectivity index (χ0n) is 34.3. The summed E-state index contributed by atoms with van der Waals surface area (Å²) in [7, 11) is 0. The summed E-state index contributed by atoms with van der Waals surface area (Å²) in [5.74, 6) is -2.06. The van der Waals surface area contributed by atoms with Gasteiger partial charge in [-0.3, -0.25) is 9.59 Å². The summed E-state index contributed by atoms with van der Waals surface area (Å²) >= 11 is 0. The van der Waals surface area contributed by atoms with Gasteiger partial charge in [-0.15, -0.1) is 0 Å². The Morgan fingerprint density at radius 3 is 2.00 bits per heavy atom. The number of carbonyl (C=O) groups excluding carboxylic acids is 1. The Bertz CT molecular complexity index is 1610. The van der Waals surface area contributed by atoms with Crippen molar-refractivity contribution < 1.29 is 79.6 Å². The molecule has 7 aliphatic rings. The van der Waals surface area contributed by atoms with E-state index in [-0.39, 0.29) is 35.2 Å². The van der Waals surface area contributed by atoms with Crippen molar-refractivity contribution in [3.63, 3.8) is 0 Å². The Morgan fingerprint density at radius 2 is 1.36 bits per heavy atom. The number of aliphatic carboxylic acids is 1. The molecule has 20 unspecified atom stereocenters. The molecule has 10 N–H and O–H groups in total. The van der Waals surface area contributed by atoms with E-state index in [4.69, 9.17) is 18.9 Å². The van der Waals surface area contributed by atoms with Crippen LogP contribution in [0, 0.1) is 50.2 Å². The Balaban J connectivity index is 1.15. The van der Waals surface area contributed by atoms with E-state index in [1.54, 1.807) is 6.92 Å². The minimum Gasteiger partial charge on any atom is -0.481 e. The van der Waals surface area contributed by atoms with Crippen LogP contribution >= 0.6 is 0 Å². The summed E-state index contributed by atoms with van der Waals surface area (Å²) < 4.78 is 22.9. The molecular weight excluding hydrogens is 760 g/mol. The molecule has 16 nitrogen and oxygen atoms in total. The van der Waals surface area contributed by atoms with E-state index in [0.29, 0.717) is 57.8 Å². The number of fused-ring (bicyclic) bond motifs is 7. The van der Waals surface area contributed by atoms with Crippen LogP contribution in [0.3, 0.4) is 0 Å². The highest BCUT2D eigenvalue weighted by molar-refractivity contribution is 5.79. The molecule has 0 aromatic rings. The number of carboxylic acid groups (broad SMARTS) is 1. The molecule has 0 aromatic heterocycles. The van der Waals surface area contributed by atoms with Gasteiger partial charge in [0.15, 0.2) is 6.29 Å². The Hall–Kier alpha value is -1.80. The van der Waals surface area contributed by atoms with E-state index in [9.17, 15) is 60.7 Å². The third kappa shape index (κ3) is 6.37. The molecule has 2 heterocycles. The minimum absolute atomic E-state index is 0.0843. The summed E-state index contributed by atoms with van der Waals surface area (Å²) in [6, 6.07) is 0. The SMILES string of the molecule is CC1(CO)CCC2(C(=O)OC3OC(COC4OC(CO)C(O)C(O)C4O)C(O)C(O)C3O)CCC3(C)C(=CCC4C5(C)CCC(O)C(C)(C(=O)O)C5CCC43C)C2C1. The maximum Gasteiger partial charge on any atom is 0.315 e. The van der Waals surface area contributed by atoms with Crippen molar-refractivity contribution in [1.82, 2.24) is 0 Å². The number of allylic oxidation sites excluding steroid dienone is 2. The van der Waals surface area contributed by atoms with Gasteiger partial charge >= 0.3 is 11.9 Å². The molecule has 4 saturated carbocycles. The van der Waals surface area contributed by atoms with Gasteiger partial charge in [0.1, 0.15) is 48.8 Å². The molecule has 20 atom stereocenters. The van der Waals surface area contributed by atoms with Gasteiger partial charge in [0.2, 0.25) is 6.29 Å². The second kappa shape index (κ2) is 15.2. The maximum atomic E-state index is 14.8. The quantitative estimate of drug-likeness (QED) is 0.117. The van der Waals surface area contributed by atoms with Gasteiger partial charge in [0, 0.05) is 6.61 Å². The van der Waals surface area contributed by atoms with E-state index in [1.807, 2.05) is 6.92 Å². The first-order valence-electron chi connectivity index (χ1n) is 21.1. The number of carboxylic acids is 1. The highest BCUT2D eigenvalue weighted by Gasteiger charge is 2.71. The molecule has 2 aliphatic heterocycles. The van der Waals surface area contributed by atoms with Gasteiger partial charge in [0.05, 0.1) is 30.1 Å². The van der Waals surface area contributed by atoms with Crippen LogP contribution in [0.4, 0.5) is 0 Å². The minimum atomic E-state index is -1.84. The third-order valence-corrected chi connectivity index (χ3v) is 17.6. The average Bonchev–Trinajstić information content (AvgIpc) is 3.19. The first kappa shape index (κ1) is 44.3. The zero-order valence-corrected chi connectivity index (χ0v) is 34.3. The molecule has 0 spiro atoms. The highest BCUT2D eigenvalue weighted by atomic mass is 16.7. The standard InChI is InChI=1S/C42H66O16/c1-37(19-44)12-14-42(36(54)58-34-32(51)30(49)28(47)23(57-34)18-55-33-31(50)29(48)27(46)22(17-43)56-33)15-13-39(3)20(21(42)16-37)6-7-24-38(2)10-9-26(45)41(5,35(52)53)25(38)8-11-40(24,39)4/h6,21-34,43-51H,7-19H2,1-5H3,(H,52,53). The summed E-state index contributed by atoms with van der Waals surface area (Å²) in [6.07, 6.45) is -9.48. The molecular formula is C42H66O16. The van der Waals surface area contributed by atoms with Crippen molar-refractivity contribution in [1.29, 1.82) is 0 Å². The fourth-order valence-electron chi connectivity index (χ4n) is 13.4. The lowest BCUT2D eigenvalue weighted by Crippen LogP contribution is -2.66. The number of rotatable bonds is 8. The molecule has 7 rings (SSSR count). The summed E-state index contributed by atoms with van der Waals surface area (Å²) in [4.78, 5) is 27.6. The maximum absolute atomic E-state index is 14.8. The highest BCUT2D eigenvalue weighted by Crippen LogP contribution is 2.76. The summed E-state index contributed by atoms with van der Waals surface area (Å²) in [5, 5.41) is 105. The van der Waals surface area contributed by atoms with Crippen molar-refractivity contribution in [2.24, 2.45) is 50.2 Å². The molecule has 330 valence electrons. The van der Waals surface area contributed by atoms with Crippen LogP contribution in [-0.2, 0) is 28.5 Å². The molecule has 6 fully saturated rings. The fourth-order valence-corrected chi connectivity index (χ4v) is 13.4. The lowest BCUT2D eigenvalue weighted by atomic mass is 9.33. The monoisotopic (exact) mass is 826 g/mol. The van der Waals surface area contributed by atoms with E-state index >= 15 is 0 Å². The molecule has 0 aromatic carbocycles. The number of hydrogen-bond acceptors (Lipinski definition) is 15. The largest absolute Gasteiger partial charge is 0.481 e. The van der Waals surface area contributed by atoms with Crippen molar-refractivity contribution in [3.05, 3.63) is 11.6 Å². The topological polar surface area (TPSA) is 273 Å². The molecule has 0 bridgehead atoms.